The molecule has 2 amide bonds. The Labute approximate surface area is 140 Å². The van der Waals surface area contributed by atoms with Gasteiger partial charge >= 0.3 is 5.97 Å². The lowest BCUT2D eigenvalue weighted by molar-refractivity contribution is -0.130. The fourth-order valence-corrected chi connectivity index (χ4v) is 2.77. The summed E-state index contributed by atoms with van der Waals surface area (Å²) >= 11 is 0. The molecule has 1 unspecified atom stereocenters. The van der Waals surface area contributed by atoms with E-state index in [0.29, 0.717) is 12.1 Å². The Morgan fingerprint density at radius 1 is 1.42 bits per heavy atom. The monoisotopic (exact) mass is 334 g/mol. The van der Waals surface area contributed by atoms with Crippen LogP contribution in [0.2, 0.25) is 0 Å². The van der Waals surface area contributed by atoms with Crippen LogP contribution < -0.4 is 10.1 Å². The molecule has 0 bridgehead atoms. The highest BCUT2D eigenvalue weighted by atomic mass is 16.5. The van der Waals surface area contributed by atoms with E-state index in [4.69, 9.17) is 4.74 Å². The third kappa shape index (κ3) is 3.84. The maximum atomic E-state index is 12.2. The van der Waals surface area contributed by atoms with Crippen LogP contribution in [0.4, 0.5) is 0 Å². The topological polar surface area (TPSA) is 95.9 Å². The predicted molar refractivity (Wildman–Crippen MR) is 86.8 cm³/mol. The van der Waals surface area contributed by atoms with E-state index in [1.807, 2.05) is 13.8 Å². The highest BCUT2D eigenvalue weighted by Gasteiger charge is 2.35. The lowest BCUT2D eigenvalue weighted by Gasteiger charge is -2.20. The van der Waals surface area contributed by atoms with Crippen LogP contribution in [-0.4, -0.2) is 47.5 Å². The Morgan fingerprint density at radius 3 is 2.67 bits per heavy atom. The van der Waals surface area contributed by atoms with E-state index in [9.17, 15) is 19.5 Å². The average molecular weight is 334 g/mol. The lowest BCUT2D eigenvalue weighted by atomic mass is 10.1. The molecular formula is C17H22N2O5. The van der Waals surface area contributed by atoms with Crippen LogP contribution >= 0.6 is 0 Å². The number of amides is 2. The van der Waals surface area contributed by atoms with Gasteiger partial charge in [-0.25, -0.2) is 4.79 Å². The summed E-state index contributed by atoms with van der Waals surface area (Å²) in [6.45, 7) is 4.47. The molecule has 7 heteroatoms. The maximum absolute atomic E-state index is 12.2. The molecule has 1 atom stereocenters. The molecule has 1 aromatic carbocycles. The molecule has 1 aromatic rings. The second kappa shape index (κ2) is 7.33. The van der Waals surface area contributed by atoms with Crippen molar-refractivity contribution >= 4 is 17.8 Å². The summed E-state index contributed by atoms with van der Waals surface area (Å²) in [6, 6.07) is 4.81. The fourth-order valence-electron chi connectivity index (χ4n) is 2.77. The van der Waals surface area contributed by atoms with Crippen LogP contribution in [0.1, 0.15) is 36.2 Å². The molecule has 130 valence electrons. The van der Waals surface area contributed by atoms with Gasteiger partial charge in [-0.2, -0.15) is 0 Å². The zero-order valence-corrected chi connectivity index (χ0v) is 14.0. The molecule has 0 aliphatic carbocycles. The number of carbonyl (C=O) groups is 3. The number of methoxy groups -OCH3 is 1. The summed E-state index contributed by atoms with van der Waals surface area (Å²) in [5.74, 6) is -1.39. The zero-order chi connectivity index (χ0) is 17.9. The van der Waals surface area contributed by atoms with E-state index >= 15 is 0 Å². The summed E-state index contributed by atoms with van der Waals surface area (Å²) in [4.78, 5) is 37.0. The van der Waals surface area contributed by atoms with Crippen molar-refractivity contribution in [1.29, 1.82) is 0 Å². The van der Waals surface area contributed by atoms with E-state index < -0.39 is 5.97 Å². The van der Waals surface area contributed by atoms with E-state index in [-0.39, 0.29) is 48.1 Å². The number of carboxylic acids is 1. The van der Waals surface area contributed by atoms with Gasteiger partial charge in [0, 0.05) is 25.6 Å². The number of aromatic carboxylic acids is 1. The SMILES string of the molecule is COc1ccc(CNC(=O)C2CC(=O)N(C(C)C)C2)cc1C(=O)O. The Hall–Kier alpha value is -2.57. The Kier molecular flexibility index (Phi) is 5.43. The highest BCUT2D eigenvalue weighted by molar-refractivity contribution is 5.91. The number of likely N-dealkylation sites (tertiary alicyclic amines) is 1. The van der Waals surface area contributed by atoms with E-state index in [1.165, 1.54) is 13.2 Å². The van der Waals surface area contributed by atoms with E-state index in [0.717, 1.165) is 0 Å². The van der Waals surface area contributed by atoms with Gasteiger partial charge in [-0.05, 0) is 31.5 Å². The van der Waals surface area contributed by atoms with Gasteiger partial charge in [-0.15, -0.1) is 0 Å². The lowest BCUT2D eigenvalue weighted by Crippen LogP contribution is -2.35. The van der Waals surface area contributed by atoms with Crippen LogP contribution in [0.15, 0.2) is 18.2 Å². The van der Waals surface area contributed by atoms with Gasteiger partial charge in [0.1, 0.15) is 11.3 Å². The number of hydrogen-bond acceptors (Lipinski definition) is 4. The first-order valence-electron chi connectivity index (χ1n) is 7.80. The van der Waals surface area contributed by atoms with Crippen molar-refractivity contribution in [2.75, 3.05) is 13.7 Å². The van der Waals surface area contributed by atoms with Crippen molar-refractivity contribution in [3.8, 4) is 5.75 Å². The van der Waals surface area contributed by atoms with E-state index in [2.05, 4.69) is 5.32 Å². The number of hydrogen-bond donors (Lipinski definition) is 2. The maximum Gasteiger partial charge on any atom is 0.339 e. The molecule has 0 spiro atoms. The molecule has 0 radical (unpaired) electrons. The van der Waals surface area contributed by atoms with E-state index in [1.54, 1.807) is 17.0 Å². The number of nitrogens with zero attached hydrogens (tertiary/aromatic N) is 1. The van der Waals surface area contributed by atoms with Crippen molar-refractivity contribution in [1.82, 2.24) is 10.2 Å². The molecule has 1 saturated heterocycles. The average Bonchev–Trinajstić information content (AvgIpc) is 2.94. The van der Waals surface area contributed by atoms with Crippen LogP contribution in [0.3, 0.4) is 0 Å². The van der Waals surface area contributed by atoms with Crippen LogP contribution in [0.5, 0.6) is 5.75 Å². The first-order valence-corrected chi connectivity index (χ1v) is 7.80. The smallest absolute Gasteiger partial charge is 0.339 e. The molecule has 2 N–H and O–H groups in total. The van der Waals surface area contributed by atoms with Crippen molar-refractivity contribution in [3.63, 3.8) is 0 Å². The number of benzene rings is 1. The third-order valence-electron chi connectivity index (χ3n) is 4.11. The normalized spacial score (nSPS) is 17.2. The summed E-state index contributed by atoms with van der Waals surface area (Å²) < 4.78 is 5.00. The molecular weight excluding hydrogens is 312 g/mol. The zero-order valence-electron chi connectivity index (χ0n) is 14.0. The summed E-state index contributed by atoms with van der Waals surface area (Å²) in [6.07, 6.45) is 0.215. The summed E-state index contributed by atoms with van der Waals surface area (Å²) in [5.41, 5.74) is 0.706. The number of nitrogens with one attached hydrogen (secondary N) is 1. The van der Waals surface area contributed by atoms with Crippen molar-refractivity contribution in [2.45, 2.75) is 32.9 Å². The van der Waals surface area contributed by atoms with Crippen LogP contribution in [0, 0.1) is 5.92 Å². The second-order valence-corrected chi connectivity index (χ2v) is 6.10. The van der Waals surface area contributed by atoms with Gasteiger partial charge in [0.05, 0.1) is 13.0 Å². The van der Waals surface area contributed by atoms with Gasteiger partial charge in [-0.1, -0.05) is 6.07 Å². The number of ether oxygens (including phenoxy) is 1. The van der Waals surface area contributed by atoms with Crippen molar-refractivity contribution in [2.24, 2.45) is 5.92 Å². The molecule has 7 nitrogen and oxygen atoms in total. The fraction of sp³-hybridized carbons (Fsp3) is 0.471. The molecule has 24 heavy (non-hydrogen) atoms. The van der Waals surface area contributed by atoms with Crippen LogP contribution in [-0.2, 0) is 16.1 Å². The number of carboxylic acid groups (broad SMARTS) is 1. The Morgan fingerprint density at radius 2 is 2.12 bits per heavy atom. The molecule has 1 fully saturated rings. The minimum absolute atomic E-state index is 0.0113. The van der Waals surface area contributed by atoms with Gasteiger partial charge in [0.2, 0.25) is 11.8 Å². The van der Waals surface area contributed by atoms with Gasteiger partial charge in [0.15, 0.2) is 0 Å². The standard InChI is InChI=1S/C17H22N2O5/c1-10(2)19-9-12(7-15(19)20)16(21)18-8-11-4-5-14(24-3)13(6-11)17(22)23/h4-6,10,12H,7-9H2,1-3H3,(H,18,21)(H,22,23). The van der Waals surface area contributed by atoms with Gasteiger partial charge < -0.3 is 20.1 Å². The minimum atomic E-state index is -1.09. The third-order valence-corrected chi connectivity index (χ3v) is 4.11. The Balaban J connectivity index is 1.99. The van der Waals surface area contributed by atoms with Gasteiger partial charge in [0.25, 0.3) is 0 Å². The Bertz CT molecular complexity index is 656. The second-order valence-electron chi connectivity index (χ2n) is 6.10. The van der Waals surface area contributed by atoms with Gasteiger partial charge in [-0.3, -0.25) is 9.59 Å². The molecule has 1 heterocycles. The first-order chi connectivity index (χ1) is 11.3. The highest BCUT2D eigenvalue weighted by Crippen LogP contribution is 2.22. The number of carbonyl (C=O) groups excluding carboxylic acids is 2. The predicted octanol–water partition coefficient (Wildman–Crippen LogP) is 1.27. The quantitative estimate of drug-likeness (QED) is 0.817. The van der Waals surface area contributed by atoms with Crippen molar-refractivity contribution in [3.05, 3.63) is 29.3 Å². The minimum Gasteiger partial charge on any atom is -0.496 e. The van der Waals surface area contributed by atoms with Crippen molar-refractivity contribution < 1.29 is 24.2 Å². The number of rotatable bonds is 6. The molecule has 0 aromatic heterocycles. The molecule has 1 aliphatic rings. The molecule has 1 aliphatic heterocycles. The summed E-state index contributed by atoms with van der Waals surface area (Å²) in [7, 11) is 1.40. The molecule has 0 saturated carbocycles. The molecule has 2 rings (SSSR count). The largest absolute Gasteiger partial charge is 0.496 e. The summed E-state index contributed by atoms with van der Waals surface area (Å²) in [5, 5.41) is 11.9. The van der Waals surface area contributed by atoms with Crippen LogP contribution in [0.25, 0.3) is 0 Å². The first kappa shape index (κ1) is 17.8.